The van der Waals surface area contributed by atoms with Gasteiger partial charge in [0.2, 0.25) is 0 Å². The average molecular weight is 304 g/mol. The van der Waals surface area contributed by atoms with Crippen LogP contribution in [0, 0.1) is 0 Å². The van der Waals surface area contributed by atoms with E-state index in [-0.39, 0.29) is 5.41 Å². The van der Waals surface area contributed by atoms with E-state index in [1.54, 1.807) is 18.4 Å². The molecule has 0 spiro atoms. The second-order valence-corrected chi connectivity index (χ2v) is 6.77. The molecule has 114 valence electrons. The molecule has 2 heterocycles. The molecule has 0 atom stereocenters. The summed E-state index contributed by atoms with van der Waals surface area (Å²) in [7, 11) is 3.83. The molecule has 5 heteroatoms. The van der Waals surface area contributed by atoms with Gasteiger partial charge in [-0.2, -0.15) is 0 Å². The smallest absolute Gasteiger partial charge is 0.191 e. The lowest BCUT2D eigenvalue weighted by atomic mass is 9.91. The second-order valence-electron chi connectivity index (χ2n) is 5.83. The van der Waals surface area contributed by atoms with E-state index in [9.17, 15) is 0 Å². The van der Waals surface area contributed by atoms with Gasteiger partial charge >= 0.3 is 0 Å². The molecule has 0 bridgehead atoms. The minimum atomic E-state index is 0.0958. The lowest BCUT2D eigenvalue weighted by Gasteiger charge is -2.25. The van der Waals surface area contributed by atoms with E-state index in [0.29, 0.717) is 0 Å². The molecule has 0 aliphatic rings. The summed E-state index contributed by atoms with van der Waals surface area (Å²) in [4.78, 5) is 5.67. The third-order valence-electron chi connectivity index (χ3n) is 3.46. The van der Waals surface area contributed by atoms with Gasteiger partial charge in [0.1, 0.15) is 0 Å². The first-order valence-corrected chi connectivity index (χ1v) is 7.98. The van der Waals surface area contributed by atoms with Crippen LogP contribution in [0.2, 0.25) is 0 Å². The topological polar surface area (TPSA) is 41.4 Å². The van der Waals surface area contributed by atoms with Crippen LogP contribution in [0.25, 0.3) is 0 Å². The molecule has 2 aromatic heterocycles. The van der Waals surface area contributed by atoms with Crippen LogP contribution in [-0.2, 0) is 19.0 Å². The Morgan fingerprint density at radius 2 is 2.14 bits per heavy atom. The summed E-state index contributed by atoms with van der Waals surface area (Å²) >= 11 is 1.80. The van der Waals surface area contributed by atoms with Crippen LogP contribution < -0.4 is 10.6 Å². The fourth-order valence-corrected chi connectivity index (χ4v) is 2.98. The molecule has 0 aliphatic carbocycles. The number of nitrogens with one attached hydrogen (secondary N) is 2. The lowest BCUT2D eigenvalue weighted by Crippen LogP contribution is -2.42. The van der Waals surface area contributed by atoms with Gasteiger partial charge in [-0.3, -0.25) is 4.99 Å². The van der Waals surface area contributed by atoms with Gasteiger partial charge in [0, 0.05) is 49.9 Å². The molecule has 0 saturated carbocycles. The molecule has 2 rings (SSSR count). The Hall–Kier alpha value is -1.75. The van der Waals surface area contributed by atoms with Gasteiger partial charge in [-0.1, -0.05) is 19.9 Å². The molecule has 0 saturated heterocycles. The zero-order valence-electron chi connectivity index (χ0n) is 13.2. The van der Waals surface area contributed by atoms with Gasteiger partial charge in [-0.05, 0) is 23.1 Å². The second kappa shape index (κ2) is 6.80. The number of hydrogen-bond donors (Lipinski definition) is 2. The first kappa shape index (κ1) is 15.6. The van der Waals surface area contributed by atoms with Gasteiger partial charge in [0.05, 0.1) is 0 Å². The van der Waals surface area contributed by atoms with Crippen molar-refractivity contribution in [2.45, 2.75) is 25.8 Å². The fraction of sp³-hybridized carbons (Fsp3) is 0.438. The van der Waals surface area contributed by atoms with Crippen molar-refractivity contribution in [2.75, 3.05) is 13.6 Å². The minimum Gasteiger partial charge on any atom is -0.357 e. The first-order valence-electron chi connectivity index (χ1n) is 7.10. The van der Waals surface area contributed by atoms with Crippen molar-refractivity contribution in [1.82, 2.24) is 15.2 Å². The molecule has 21 heavy (non-hydrogen) atoms. The summed E-state index contributed by atoms with van der Waals surface area (Å²) < 4.78 is 2.05. The van der Waals surface area contributed by atoms with Crippen molar-refractivity contribution in [3.05, 3.63) is 46.4 Å². The number of nitrogens with zero attached hydrogens (tertiary/aromatic N) is 2. The Morgan fingerprint density at radius 1 is 1.33 bits per heavy atom. The molecule has 0 amide bonds. The molecule has 0 radical (unpaired) electrons. The van der Waals surface area contributed by atoms with Crippen molar-refractivity contribution < 1.29 is 0 Å². The van der Waals surface area contributed by atoms with Crippen LogP contribution in [0.3, 0.4) is 0 Å². The summed E-state index contributed by atoms with van der Waals surface area (Å²) in [5.41, 5.74) is 1.34. The van der Waals surface area contributed by atoms with E-state index in [1.165, 1.54) is 10.4 Å². The van der Waals surface area contributed by atoms with Crippen LogP contribution in [0.4, 0.5) is 0 Å². The highest BCUT2D eigenvalue weighted by Crippen LogP contribution is 2.26. The number of aryl methyl sites for hydroxylation is 1. The number of thiophene rings is 1. The van der Waals surface area contributed by atoms with Crippen LogP contribution in [0.5, 0.6) is 0 Å². The highest BCUT2D eigenvalue weighted by molar-refractivity contribution is 7.10. The molecule has 2 N–H and O–H groups in total. The van der Waals surface area contributed by atoms with Gasteiger partial charge in [-0.15, -0.1) is 11.3 Å². The van der Waals surface area contributed by atoms with Crippen molar-refractivity contribution in [3.63, 3.8) is 0 Å². The Kier molecular flexibility index (Phi) is 5.07. The third-order valence-corrected chi connectivity index (χ3v) is 4.70. The van der Waals surface area contributed by atoms with E-state index in [2.05, 4.69) is 59.2 Å². The molecule has 4 nitrogen and oxygen atoms in total. The number of hydrogen-bond acceptors (Lipinski definition) is 2. The molecule has 0 aliphatic heterocycles. The quantitative estimate of drug-likeness (QED) is 0.659. The largest absolute Gasteiger partial charge is 0.357 e. The molecular formula is C16H24N4S. The molecule has 2 aromatic rings. The number of aromatic nitrogens is 1. The summed E-state index contributed by atoms with van der Waals surface area (Å²) in [6.07, 6.45) is 4.16. The fourth-order valence-electron chi connectivity index (χ4n) is 2.13. The SMILES string of the molecule is CN=C(NCc1ccn(C)c1)NCC(C)(C)c1cccs1. The minimum absolute atomic E-state index is 0.0958. The van der Waals surface area contributed by atoms with Gasteiger partial charge in [0.15, 0.2) is 5.96 Å². The zero-order chi connectivity index (χ0) is 15.3. The molecule has 0 aromatic carbocycles. The van der Waals surface area contributed by atoms with Gasteiger partial charge < -0.3 is 15.2 Å². The Labute approximate surface area is 130 Å². The normalized spacial score (nSPS) is 12.5. The van der Waals surface area contributed by atoms with Crippen molar-refractivity contribution in [2.24, 2.45) is 12.0 Å². The van der Waals surface area contributed by atoms with E-state index in [0.717, 1.165) is 19.0 Å². The summed E-state index contributed by atoms with van der Waals surface area (Å²) in [6, 6.07) is 6.40. The van der Waals surface area contributed by atoms with Crippen molar-refractivity contribution in [3.8, 4) is 0 Å². The number of aliphatic imine (C=N–C) groups is 1. The predicted octanol–water partition coefficient (Wildman–Crippen LogP) is 2.73. The maximum atomic E-state index is 4.29. The van der Waals surface area contributed by atoms with Gasteiger partial charge in [-0.25, -0.2) is 0 Å². The Bertz CT molecular complexity index is 581. The summed E-state index contributed by atoms with van der Waals surface area (Å²) in [5, 5.41) is 8.88. The van der Waals surface area contributed by atoms with E-state index in [1.807, 2.05) is 17.8 Å². The molecule has 0 unspecified atom stereocenters. The maximum Gasteiger partial charge on any atom is 0.191 e. The molecule has 0 fully saturated rings. The molecular weight excluding hydrogens is 280 g/mol. The number of rotatable bonds is 5. The zero-order valence-corrected chi connectivity index (χ0v) is 14.0. The Morgan fingerprint density at radius 3 is 2.71 bits per heavy atom. The van der Waals surface area contributed by atoms with E-state index >= 15 is 0 Å². The lowest BCUT2D eigenvalue weighted by molar-refractivity contribution is 0.518. The highest BCUT2D eigenvalue weighted by Gasteiger charge is 2.21. The third kappa shape index (κ3) is 4.36. The number of guanidine groups is 1. The summed E-state index contributed by atoms with van der Waals surface area (Å²) in [6.45, 7) is 6.12. The highest BCUT2D eigenvalue weighted by atomic mass is 32.1. The monoisotopic (exact) mass is 304 g/mol. The first-order chi connectivity index (χ1) is 10.0. The van der Waals surface area contributed by atoms with Gasteiger partial charge in [0.25, 0.3) is 0 Å². The van der Waals surface area contributed by atoms with Crippen molar-refractivity contribution >= 4 is 17.3 Å². The Balaban J connectivity index is 1.85. The van der Waals surface area contributed by atoms with Crippen LogP contribution in [-0.4, -0.2) is 24.1 Å². The summed E-state index contributed by atoms with van der Waals surface area (Å²) in [5.74, 6) is 0.837. The van der Waals surface area contributed by atoms with Crippen LogP contribution >= 0.6 is 11.3 Å². The van der Waals surface area contributed by atoms with Crippen LogP contribution in [0.15, 0.2) is 41.0 Å². The van der Waals surface area contributed by atoms with E-state index < -0.39 is 0 Å². The van der Waals surface area contributed by atoms with Crippen molar-refractivity contribution in [1.29, 1.82) is 0 Å². The van der Waals surface area contributed by atoms with Crippen LogP contribution in [0.1, 0.15) is 24.3 Å². The maximum absolute atomic E-state index is 4.29. The van der Waals surface area contributed by atoms with E-state index in [4.69, 9.17) is 0 Å². The predicted molar refractivity (Wildman–Crippen MR) is 91.0 cm³/mol. The average Bonchev–Trinajstić information content (AvgIpc) is 3.10. The standard InChI is InChI=1S/C16H24N4S/c1-16(2,14-6-5-9-21-14)12-19-15(17-3)18-10-13-7-8-20(4)11-13/h5-9,11H,10,12H2,1-4H3,(H2,17,18,19).